The number of esters is 1. The van der Waals surface area contributed by atoms with E-state index in [4.69, 9.17) is 4.74 Å². The van der Waals surface area contributed by atoms with Gasteiger partial charge in [0.25, 0.3) is 5.91 Å². The first-order valence-electron chi connectivity index (χ1n) is 10.1. The van der Waals surface area contributed by atoms with E-state index >= 15 is 0 Å². The molecule has 0 aliphatic carbocycles. The molecule has 0 aliphatic rings. The number of aryl methyl sites for hydroxylation is 1. The van der Waals surface area contributed by atoms with Crippen LogP contribution in [0.15, 0.2) is 77.3 Å². The topological polar surface area (TPSA) is 84.5 Å². The smallest absolute Gasteiger partial charge is 0.308 e. The molecule has 0 atom stereocenters. The molecule has 3 aromatic carbocycles. The summed E-state index contributed by atoms with van der Waals surface area (Å²) in [6.45, 7) is 1.67. The maximum Gasteiger partial charge on any atom is 0.308 e. The zero-order chi connectivity index (χ0) is 22.9. The van der Waals surface area contributed by atoms with Crippen LogP contribution in [0.5, 0.6) is 5.75 Å². The van der Waals surface area contributed by atoms with Gasteiger partial charge in [-0.1, -0.05) is 46.3 Å². The van der Waals surface area contributed by atoms with E-state index in [0.717, 1.165) is 15.6 Å². The number of hydrogen-bond acceptors (Lipinski definition) is 4. The van der Waals surface area contributed by atoms with Crippen LogP contribution in [0.4, 0.5) is 5.69 Å². The second kappa shape index (κ2) is 11.2. The van der Waals surface area contributed by atoms with Gasteiger partial charge < -0.3 is 15.4 Å². The molecular formula is C25H23BrN2O4. The lowest BCUT2D eigenvalue weighted by Crippen LogP contribution is -2.23. The Kier molecular flexibility index (Phi) is 8.16. The summed E-state index contributed by atoms with van der Waals surface area (Å²) in [7, 11) is 0. The van der Waals surface area contributed by atoms with Gasteiger partial charge in [-0.15, -0.1) is 0 Å². The molecule has 6 nitrogen and oxygen atoms in total. The Bertz CT molecular complexity index is 1110. The van der Waals surface area contributed by atoms with Crippen molar-refractivity contribution in [3.05, 3.63) is 94.0 Å². The van der Waals surface area contributed by atoms with Gasteiger partial charge in [0.15, 0.2) is 0 Å². The minimum Gasteiger partial charge on any atom is -0.427 e. The molecule has 32 heavy (non-hydrogen) atoms. The number of hydrogen-bond donors (Lipinski definition) is 2. The minimum absolute atomic E-state index is 0.0374. The summed E-state index contributed by atoms with van der Waals surface area (Å²) in [4.78, 5) is 35.8. The fourth-order valence-electron chi connectivity index (χ4n) is 3.03. The summed E-state index contributed by atoms with van der Waals surface area (Å²) >= 11 is 3.40. The number of benzene rings is 3. The molecule has 0 radical (unpaired) electrons. The molecule has 0 aliphatic heterocycles. The van der Waals surface area contributed by atoms with Crippen molar-refractivity contribution in [2.45, 2.75) is 26.3 Å². The van der Waals surface area contributed by atoms with Gasteiger partial charge in [-0.25, -0.2) is 0 Å². The van der Waals surface area contributed by atoms with E-state index in [-0.39, 0.29) is 11.8 Å². The van der Waals surface area contributed by atoms with E-state index in [1.54, 1.807) is 24.3 Å². The van der Waals surface area contributed by atoms with Crippen molar-refractivity contribution in [3.63, 3.8) is 0 Å². The third-order valence-electron chi connectivity index (χ3n) is 4.59. The molecule has 0 saturated carbocycles. The van der Waals surface area contributed by atoms with E-state index in [9.17, 15) is 14.4 Å². The summed E-state index contributed by atoms with van der Waals surface area (Å²) in [5, 5.41) is 5.73. The third kappa shape index (κ3) is 7.35. The van der Waals surface area contributed by atoms with Crippen LogP contribution in [0.3, 0.4) is 0 Å². The fourth-order valence-corrected chi connectivity index (χ4v) is 3.29. The van der Waals surface area contributed by atoms with Gasteiger partial charge in [0.2, 0.25) is 5.91 Å². The van der Waals surface area contributed by atoms with E-state index in [1.165, 1.54) is 13.0 Å². The Morgan fingerprint density at radius 2 is 1.66 bits per heavy atom. The molecule has 3 rings (SSSR count). The minimum atomic E-state index is -0.450. The van der Waals surface area contributed by atoms with Crippen molar-refractivity contribution in [3.8, 4) is 5.75 Å². The molecule has 0 fully saturated rings. The summed E-state index contributed by atoms with van der Waals surface area (Å²) in [5.41, 5.74) is 2.95. The molecule has 0 aromatic heterocycles. The van der Waals surface area contributed by atoms with E-state index in [2.05, 4.69) is 26.6 Å². The van der Waals surface area contributed by atoms with Crippen LogP contribution in [0.2, 0.25) is 0 Å². The first-order valence-corrected chi connectivity index (χ1v) is 10.9. The second-order valence-electron chi connectivity index (χ2n) is 7.18. The first kappa shape index (κ1) is 23.2. The largest absolute Gasteiger partial charge is 0.427 e. The number of nitrogens with one attached hydrogen (secondary N) is 2. The molecule has 0 unspecified atom stereocenters. The van der Waals surface area contributed by atoms with Crippen LogP contribution in [-0.4, -0.2) is 17.8 Å². The predicted octanol–water partition coefficient (Wildman–Crippen LogP) is 4.88. The zero-order valence-corrected chi connectivity index (χ0v) is 19.1. The van der Waals surface area contributed by atoms with Gasteiger partial charge in [0, 0.05) is 35.6 Å². The highest BCUT2D eigenvalue weighted by molar-refractivity contribution is 9.10. The standard InChI is InChI=1S/C25H23BrN2O4/c1-17(29)32-23-7-3-5-20(15-23)25(31)28-22-6-2-4-19(14-22)16-27-24(30)13-10-18-8-11-21(26)12-9-18/h2-9,11-12,14-15H,10,13,16H2,1H3,(H,27,30)(H,28,31). The Hall–Kier alpha value is -3.45. The average molecular weight is 495 g/mol. The number of anilines is 1. The molecule has 7 heteroatoms. The molecular weight excluding hydrogens is 472 g/mol. The van der Waals surface area contributed by atoms with E-state index < -0.39 is 5.97 Å². The Balaban J connectivity index is 1.52. The summed E-state index contributed by atoms with van der Waals surface area (Å²) in [5.74, 6) is -0.502. The van der Waals surface area contributed by atoms with Gasteiger partial charge in [-0.2, -0.15) is 0 Å². The quantitative estimate of drug-likeness (QED) is 0.345. The molecule has 0 saturated heterocycles. The summed E-state index contributed by atoms with van der Waals surface area (Å²) in [6.07, 6.45) is 1.07. The highest BCUT2D eigenvalue weighted by atomic mass is 79.9. The van der Waals surface area contributed by atoms with Crippen LogP contribution in [-0.2, 0) is 22.6 Å². The molecule has 164 valence electrons. The van der Waals surface area contributed by atoms with Crippen molar-refractivity contribution in [2.75, 3.05) is 5.32 Å². The number of amides is 2. The third-order valence-corrected chi connectivity index (χ3v) is 5.11. The molecule has 0 bridgehead atoms. The first-order chi connectivity index (χ1) is 15.4. The normalized spacial score (nSPS) is 10.3. The van der Waals surface area contributed by atoms with Crippen LogP contribution in [0.25, 0.3) is 0 Å². The van der Waals surface area contributed by atoms with Gasteiger partial charge in [0.1, 0.15) is 5.75 Å². The van der Waals surface area contributed by atoms with Crippen molar-refractivity contribution in [1.29, 1.82) is 0 Å². The lowest BCUT2D eigenvalue weighted by molar-refractivity contribution is -0.131. The van der Waals surface area contributed by atoms with E-state index in [0.29, 0.717) is 36.4 Å². The van der Waals surface area contributed by atoms with Crippen LogP contribution >= 0.6 is 15.9 Å². The molecule has 0 heterocycles. The highest BCUT2D eigenvalue weighted by Gasteiger charge is 2.09. The fraction of sp³-hybridized carbons (Fsp3) is 0.160. The van der Waals surface area contributed by atoms with Crippen LogP contribution < -0.4 is 15.4 Å². The van der Waals surface area contributed by atoms with Gasteiger partial charge >= 0.3 is 5.97 Å². The Morgan fingerprint density at radius 1 is 0.906 bits per heavy atom. The van der Waals surface area contributed by atoms with Crippen molar-refractivity contribution in [2.24, 2.45) is 0 Å². The van der Waals surface area contributed by atoms with Crippen molar-refractivity contribution >= 4 is 39.4 Å². The van der Waals surface area contributed by atoms with Crippen LogP contribution in [0.1, 0.15) is 34.8 Å². The molecule has 2 amide bonds. The van der Waals surface area contributed by atoms with Gasteiger partial charge in [-0.3, -0.25) is 14.4 Å². The monoisotopic (exact) mass is 494 g/mol. The number of halogens is 1. The number of carbonyl (C=O) groups excluding carboxylic acids is 3. The van der Waals surface area contributed by atoms with E-state index in [1.807, 2.05) is 42.5 Å². The van der Waals surface area contributed by atoms with Gasteiger partial charge in [0.05, 0.1) is 0 Å². The second-order valence-corrected chi connectivity index (χ2v) is 8.09. The molecule has 0 spiro atoms. The highest BCUT2D eigenvalue weighted by Crippen LogP contribution is 2.17. The molecule has 2 N–H and O–H groups in total. The number of carbonyl (C=O) groups is 3. The SMILES string of the molecule is CC(=O)Oc1cccc(C(=O)Nc2cccc(CNC(=O)CCc3ccc(Br)cc3)c2)c1. The summed E-state index contributed by atoms with van der Waals surface area (Å²) in [6, 6.07) is 21.6. The summed E-state index contributed by atoms with van der Waals surface area (Å²) < 4.78 is 6.03. The lowest BCUT2D eigenvalue weighted by Gasteiger charge is -2.10. The Morgan fingerprint density at radius 3 is 2.41 bits per heavy atom. The van der Waals surface area contributed by atoms with Gasteiger partial charge in [-0.05, 0) is 60.0 Å². The van der Waals surface area contributed by atoms with Crippen molar-refractivity contribution in [1.82, 2.24) is 5.32 Å². The number of ether oxygens (including phenoxy) is 1. The Labute approximate surface area is 195 Å². The number of rotatable bonds is 8. The zero-order valence-electron chi connectivity index (χ0n) is 17.6. The maximum atomic E-state index is 12.5. The molecule has 3 aromatic rings. The van der Waals surface area contributed by atoms with Crippen molar-refractivity contribution < 1.29 is 19.1 Å². The maximum absolute atomic E-state index is 12.5. The lowest BCUT2D eigenvalue weighted by atomic mass is 10.1. The van der Waals surface area contributed by atoms with Crippen LogP contribution in [0, 0.1) is 0 Å². The average Bonchev–Trinajstić information content (AvgIpc) is 2.77. The predicted molar refractivity (Wildman–Crippen MR) is 126 cm³/mol.